The molecule has 1 aliphatic rings. The quantitative estimate of drug-likeness (QED) is 0.749. The average molecular weight is 403 g/mol. The summed E-state index contributed by atoms with van der Waals surface area (Å²) in [5, 5.41) is 12.5. The normalized spacial score (nSPS) is 16.2. The molecule has 1 atom stereocenters. The zero-order valence-electron chi connectivity index (χ0n) is 15.1. The molecule has 0 fully saturated rings. The maximum atomic E-state index is 13.1. The molecule has 7 nitrogen and oxygen atoms in total. The highest BCUT2D eigenvalue weighted by Crippen LogP contribution is 2.28. The summed E-state index contributed by atoms with van der Waals surface area (Å²) < 4.78 is 4.68. The van der Waals surface area contributed by atoms with E-state index in [0.29, 0.717) is 21.8 Å². The summed E-state index contributed by atoms with van der Waals surface area (Å²) in [5.41, 5.74) is 1.78. The molecule has 0 saturated heterocycles. The molecule has 0 aromatic heterocycles. The predicted octanol–water partition coefficient (Wildman–Crippen LogP) is 2.47. The number of hydrogen-bond acceptors (Lipinski definition) is 5. The Morgan fingerprint density at radius 1 is 1.21 bits per heavy atom. The molecule has 1 aliphatic heterocycles. The van der Waals surface area contributed by atoms with Crippen molar-refractivity contribution < 1.29 is 24.2 Å². The molecule has 2 aromatic rings. The number of methoxy groups -OCH3 is 1. The SMILES string of the molecule is COC(=O)c1ccc(CN2C(=O)c3ccc(Cl)cc3NC(=O)[C@H]2CCO)cc1. The molecule has 146 valence electrons. The molecular formula is C20H19ClN2O5. The fourth-order valence-corrected chi connectivity index (χ4v) is 3.28. The third kappa shape index (κ3) is 4.00. The lowest BCUT2D eigenvalue weighted by atomic mass is 10.1. The van der Waals surface area contributed by atoms with Crippen molar-refractivity contribution in [3.63, 3.8) is 0 Å². The van der Waals surface area contributed by atoms with Crippen LogP contribution in [0, 0.1) is 0 Å². The van der Waals surface area contributed by atoms with Gasteiger partial charge in [0.25, 0.3) is 5.91 Å². The molecule has 0 unspecified atom stereocenters. The van der Waals surface area contributed by atoms with Crippen molar-refractivity contribution in [2.45, 2.75) is 19.0 Å². The van der Waals surface area contributed by atoms with Crippen LogP contribution in [0.2, 0.25) is 5.02 Å². The van der Waals surface area contributed by atoms with E-state index >= 15 is 0 Å². The fraction of sp³-hybridized carbons (Fsp3) is 0.250. The number of esters is 1. The summed E-state index contributed by atoms with van der Waals surface area (Å²) in [5.74, 6) is -1.20. The number of aliphatic hydroxyl groups excluding tert-OH is 1. The highest BCUT2D eigenvalue weighted by molar-refractivity contribution is 6.31. The van der Waals surface area contributed by atoms with E-state index in [4.69, 9.17) is 11.6 Å². The molecule has 2 aromatic carbocycles. The van der Waals surface area contributed by atoms with Crippen molar-refractivity contribution >= 4 is 35.1 Å². The van der Waals surface area contributed by atoms with Gasteiger partial charge in [0.05, 0.1) is 23.9 Å². The topological polar surface area (TPSA) is 95.9 Å². The van der Waals surface area contributed by atoms with Crippen molar-refractivity contribution in [1.29, 1.82) is 0 Å². The number of amides is 2. The fourth-order valence-electron chi connectivity index (χ4n) is 3.11. The van der Waals surface area contributed by atoms with E-state index < -0.39 is 17.9 Å². The van der Waals surface area contributed by atoms with Gasteiger partial charge in [-0.3, -0.25) is 9.59 Å². The minimum Gasteiger partial charge on any atom is -0.465 e. The molecule has 1 heterocycles. The Labute approximate surface area is 166 Å². The third-order valence-corrected chi connectivity index (χ3v) is 4.78. The number of rotatable bonds is 5. The molecule has 2 N–H and O–H groups in total. The second kappa shape index (κ2) is 8.41. The molecule has 2 amide bonds. The van der Waals surface area contributed by atoms with Crippen molar-refractivity contribution in [2.24, 2.45) is 0 Å². The highest BCUT2D eigenvalue weighted by Gasteiger charge is 2.35. The Bertz CT molecular complexity index is 913. The van der Waals surface area contributed by atoms with Crippen LogP contribution in [0.4, 0.5) is 5.69 Å². The van der Waals surface area contributed by atoms with Crippen LogP contribution in [0.25, 0.3) is 0 Å². The van der Waals surface area contributed by atoms with Crippen molar-refractivity contribution in [3.05, 3.63) is 64.2 Å². The van der Waals surface area contributed by atoms with Crippen LogP contribution < -0.4 is 5.32 Å². The lowest BCUT2D eigenvalue weighted by Crippen LogP contribution is -2.45. The molecular weight excluding hydrogens is 384 g/mol. The lowest BCUT2D eigenvalue weighted by Gasteiger charge is -2.28. The van der Waals surface area contributed by atoms with Crippen molar-refractivity contribution in [1.82, 2.24) is 4.90 Å². The van der Waals surface area contributed by atoms with Crippen LogP contribution in [0.15, 0.2) is 42.5 Å². The Morgan fingerprint density at radius 3 is 2.57 bits per heavy atom. The number of carbonyl (C=O) groups is 3. The largest absolute Gasteiger partial charge is 0.465 e. The molecule has 8 heteroatoms. The standard InChI is InChI=1S/C20H19ClN2O5/c1-28-20(27)13-4-2-12(3-5-13)11-23-17(8-9-24)18(25)22-16-10-14(21)6-7-15(16)19(23)26/h2-7,10,17,24H,8-9,11H2,1H3,(H,22,25)/t17-/m1/s1. The van der Waals surface area contributed by atoms with Crippen LogP contribution in [0.5, 0.6) is 0 Å². The summed E-state index contributed by atoms with van der Waals surface area (Å²) in [6, 6.07) is 10.4. The molecule has 0 saturated carbocycles. The van der Waals surface area contributed by atoms with Crippen LogP contribution in [0.3, 0.4) is 0 Å². The predicted molar refractivity (Wildman–Crippen MR) is 103 cm³/mol. The number of ether oxygens (including phenoxy) is 1. The Balaban J connectivity index is 1.95. The average Bonchev–Trinajstić information content (AvgIpc) is 2.78. The number of anilines is 1. The minimum absolute atomic E-state index is 0.0968. The van der Waals surface area contributed by atoms with Gasteiger partial charge in [-0.1, -0.05) is 23.7 Å². The van der Waals surface area contributed by atoms with Gasteiger partial charge in [-0.15, -0.1) is 0 Å². The molecule has 3 rings (SSSR count). The summed E-state index contributed by atoms with van der Waals surface area (Å²) in [7, 11) is 1.30. The van der Waals surface area contributed by atoms with Gasteiger partial charge in [-0.25, -0.2) is 4.79 Å². The zero-order chi connectivity index (χ0) is 20.3. The van der Waals surface area contributed by atoms with E-state index in [1.807, 2.05) is 0 Å². The number of halogens is 1. The number of nitrogens with one attached hydrogen (secondary N) is 1. The van der Waals surface area contributed by atoms with E-state index in [2.05, 4.69) is 10.1 Å². The van der Waals surface area contributed by atoms with E-state index in [1.54, 1.807) is 36.4 Å². The maximum Gasteiger partial charge on any atom is 0.337 e. The zero-order valence-corrected chi connectivity index (χ0v) is 15.9. The Morgan fingerprint density at radius 2 is 1.93 bits per heavy atom. The molecule has 28 heavy (non-hydrogen) atoms. The van der Waals surface area contributed by atoms with Gasteiger partial charge in [-0.2, -0.15) is 0 Å². The summed E-state index contributed by atoms with van der Waals surface area (Å²) >= 11 is 5.99. The van der Waals surface area contributed by atoms with E-state index in [-0.39, 0.29) is 25.5 Å². The number of aliphatic hydroxyl groups is 1. The summed E-state index contributed by atoms with van der Waals surface area (Å²) in [4.78, 5) is 38.8. The first-order valence-electron chi connectivity index (χ1n) is 8.64. The second-order valence-electron chi connectivity index (χ2n) is 6.33. The minimum atomic E-state index is -0.844. The van der Waals surface area contributed by atoms with Gasteiger partial charge in [-0.05, 0) is 42.3 Å². The molecule has 0 aliphatic carbocycles. The van der Waals surface area contributed by atoms with Gasteiger partial charge < -0.3 is 20.1 Å². The maximum absolute atomic E-state index is 13.1. The lowest BCUT2D eigenvalue weighted by molar-refractivity contribution is -0.121. The first kappa shape index (κ1) is 19.9. The van der Waals surface area contributed by atoms with Crippen LogP contribution in [0.1, 0.15) is 32.7 Å². The van der Waals surface area contributed by atoms with Crippen LogP contribution in [-0.2, 0) is 16.1 Å². The number of carbonyl (C=O) groups excluding carboxylic acids is 3. The molecule has 0 spiro atoms. The van der Waals surface area contributed by atoms with Crippen molar-refractivity contribution in [3.8, 4) is 0 Å². The van der Waals surface area contributed by atoms with Gasteiger partial charge in [0, 0.05) is 18.2 Å². The summed E-state index contributed by atoms with van der Waals surface area (Å²) in [6.45, 7) is -0.110. The number of nitrogens with zero attached hydrogens (tertiary/aromatic N) is 1. The monoisotopic (exact) mass is 402 g/mol. The van der Waals surface area contributed by atoms with E-state index in [9.17, 15) is 19.5 Å². The first-order valence-corrected chi connectivity index (χ1v) is 9.02. The van der Waals surface area contributed by atoms with Gasteiger partial charge in [0.2, 0.25) is 5.91 Å². The molecule has 0 radical (unpaired) electrons. The van der Waals surface area contributed by atoms with E-state index in [0.717, 1.165) is 5.56 Å². The Hall–Kier alpha value is -2.90. The van der Waals surface area contributed by atoms with Gasteiger partial charge in [0.1, 0.15) is 6.04 Å². The molecule has 0 bridgehead atoms. The number of hydrogen-bond donors (Lipinski definition) is 2. The van der Waals surface area contributed by atoms with Gasteiger partial charge >= 0.3 is 5.97 Å². The summed E-state index contributed by atoms with van der Waals surface area (Å²) in [6.07, 6.45) is 0.0968. The smallest absolute Gasteiger partial charge is 0.337 e. The van der Waals surface area contributed by atoms with Crippen molar-refractivity contribution in [2.75, 3.05) is 19.0 Å². The number of benzene rings is 2. The first-order chi connectivity index (χ1) is 13.4. The van der Waals surface area contributed by atoms with Crippen LogP contribution >= 0.6 is 11.6 Å². The highest BCUT2D eigenvalue weighted by atomic mass is 35.5. The Kier molecular flexibility index (Phi) is 5.96. The third-order valence-electron chi connectivity index (χ3n) is 4.54. The second-order valence-corrected chi connectivity index (χ2v) is 6.77. The van der Waals surface area contributed by atoms with Gasteiger partial charge in [0.15, 0.2) is 0 Å². The van der Waals surface area contributed by atoms with E-state index in [1.165, 1.54) is 18.1 Å². The van der Waals surface area contributed by atoms with Crippen LogP contribution in [-0.4, -0.2) is 47.5 Å². The number of fused-ring (bicyclic) bond motifs is 1.